The molecule has 0 saturated carbocycles. The van der Waals surface area contributed by atoms with Crippen molar-refractivity contribution < 1.29 is 17.6 Å². The highest BCUT2D eigenvalue weighted by Gasteiger charge is 2.23. The van der Waals surface area contributed by atoms with Crippen LogP contribution in [0.15, 0.2) is 21.6 Å². The molecule has 0 aromatic carbocycles. The van der Waals surface area contributed by atoms with Crippen LogP contribution in [-0.2, 0) is 10.0 Å². The first-order valence-corrected chi connectivity index (χ1v) is 8.41. The molecular weight excluding hydrogens is 292 g/mol. The molecule has 0 spiro atoms. The molecule has 1 atom stereocenters. The monoisotopic (exact) mass is 316 g/mol. The van der Waals surface area contributed by atoms with E-state index in [2.05, 4.69) is 19.2 Å². The fourth-order valence-electron chi connectivity index (χ4n) is 1.71. The maximum Gasteiger partial charge on any atom is 0.287 e. The average molecular weight is 316 g/mol. The van der Waals surface area contributed by atoms with Crippen molar-refractivity contribution in [2.24, 2.45) is 5.92 Å². The Morgan fingerprint density at radius 1 is 1.24 bits per heavy atom. The highest BCUT2D eigenvalue weighted by Crippen LogP contribution is 2.17. The van der Waals surface area contributed by atoms with Crippen LogP contribution >= 0.6 is 0 Å². The Morgan fingerprint density at radius 3 is 2.38 bits per heavy atom. The van der Waals surface area contributed by atoms with Gasteiger partial charge in [0.15, 0.2) is 5.76 Å². The fourth-order valence-corrected chi connectivity index (χ4v) is 2.51. The molecule has 0 radical (unpaired) electrons. The molecule has 21 heavy (non-hydrogen) atoms. The Morgan fingerprint density at radius 2 is 1.86 bits per heavy atom. The van der Waals surface area contributed by atoms with E-state index in [-0.39, 0.29) is 16.9 Å². The number of amides is 1. The van der Waals surface area contributed by atoms with Crippen LogP contribution in [-0.4, -0.2) is 38.8 Å². The van der Waals surface area contributed by atoms with Crippen molar-refractivity contribution in [2.45, 2.75) is 44.7 Å². The van der Waals surface area contributed by atoms with E-state index in [1.54, 1.807) is 0 Å². The molecule has 1 N–H and O–H groups in total. The molecular formula is C14H24N2O4S. The molecule has 1 heterocycles. The molecule has 7 heteroatoms. The smallest absolute Gasteiger partial charge is 0.287 e. The summed E-state index contributed by atoms with van der Waals surface area (Å²) in [5.74, 6) is 0.183. The molecule has 1 aromatic rings. The molecule has 0 saturated heterocycles. The lowest BCUT2D eigenvalue weighted by atomic mass is 10.0. The minimum atomic E-state index is -3.65. The summed E-state index contributed by atoms with van der Waals surface area (Å²) >= 11 is 0. The number of carbonyl (C=O) groups excluding carboxylic acids is 1. The SMILES string of the molecule is CC(C)CC[C@@H](C)NC(=O)c1ccc(S(=O)(=O)N(C)C)o1. The first-order valence-electron chi connectivity index (χ1n) is 6.97. The minimum Gasteiger partial charge on any atom is -0.438 e. The van der Waals surface area contributed by atoms with E-state index < -0.39 is 15.9 Å². The first-order chi connectivity index (χ1) is 9.64. The summed E-state index contributed by atoms with van der Waals surface area (Å²) in [6, 6.07) is 2.68. The number of hydrogen-bond donors (Lipinski definition) is 1. The van der Waals surface area contributed by atoms with E-state index in [4.69, 9.17) is 4.42 Å². The van der Waals surface area contributed by atoms with Crippen molar-refractivity contribution in [3.63, 3.8) is 0 Å². The van der Waals surface area contributed by atoms with Crippen molar-refractivity contribution >= 4 is 15.9 Å². The predicted molar refractivity (Wildman–Crippen MR) is 80.6 cm³/mol. The summed E-state index contributed by atoms with van der Waals surface area (Å²) in [5, 5.41) is 2.58. The highest BCUT2D eigenvalue weighted by molar-refractivity contribution is 7.88. The van der Waals surface area contributed by atoms with Crippen LogP contribution in [0.1, 0.15) is 44.2 Å². The van der Waals surface area contributed by atoms with E-state index >= 15 is 0 Å². The Labute approximate surface area is 126 Å². The van der Waals surface area contributed by atoms with Gasteiger partial charge in [-0.25, -0.2) is 12.7 Å². The Balaban J connectivity index is 2.71. The topological polar surface area (TPSA) is 79.6 Å². The van der Waals surface area contributed by atoms with Crippen LogP contribution in [0.4, 0.5) is 0 Å². The van der Waals surface area contributed by atoms with Crippen molar-refractivity contribution in [1.29, 1.82) is 0 Å². The lowest BCUT2D eigenvalue weighted by Crippen LogP contribution is -2.32. The van der Waals surface area contributed by atoms with E-state index in [1.807, 2.05) is 6.92 Å². The summed E-state index contributed by atoms with van der Waals surface area (Å²) in [5.41, 5.74) is 0. The summed E-state index contributed by atoms with van der Waals surface area (Å²) < 4.78 is 29.9. The van der Waals surface area contributed by atoms with Gasteiger partial charge in [-0.15, -0.1) is 0 Å². The largest absolute Gasteiger partial charge is 0.438 e. The van der Waals surface area contributed by atoms with Gasteiger partial charge in [0.05, 0.1) is 0 Å². The predicted octanol–water partition coefficient (Wildman–Crippen LogP) is 2.08. The Bertz CT molecular complexity index is 576. The second-order valence-electron chi connectivity index (χ2n) is 5.75. The van der Waals surface area contributed by atoms with Gasteiger partial charge in [-0.2, -0.15) is 0 Å². The first kappa shape index (κ1) is 17.7. The average Bonchev–Trinajstić information content (AvgIpc) is 2.86. The Hall–Kier alpha value is -1.34. The molecule has 0 aliphatic rings. The third-order valence-corrected chi connectivity index (χ3v) is 4.78. The molecule has 1 rings (SSSR count). The third-order valence-electron chi connectivity index (χ3n) is 3.09. The highest BCUT2D eigenvalue weighted by atomic mass is 32.2. The minimum absolute atomic E-state index is 0.00632. The molecule has 0 aliphatic heterocycles. The second-order valence-corrected chi connectivity index (χ2v) is 7.83. The number of hydrogen-bond acceptors (Lipinski definition) is 4. The van der Waals surface area contributed by atoms with Crippen LogP contribution in [0, 0.1) is 5.92 Å². The summed E-state index contributed by atoms with van der Waals surface area (Å²) in [4.78, 5) is 12.0. The van der Waals surface area contributed by atoms with Crippen molar-refractivity contribution in [3.8, 4) is 0 Å². The molecule has 0 fully saturated rings. The Kier molecular flexibility index (Phi) is 5.98. The van der Waals surface area contributed by atoms with Gasteiger partial charge in [-0.3, -0.25) is 4.79 Å². The third kappa shape index (κ3) is 4.86. The number of rotatable bonds is 7. The number of carbonyl (C=O) groups is 1. The molecule has 1 aromatic heterocycles. The zero-order chi connectivity index (χ0) is 16.2. The van der Waals surface area contributed by atoms with Crippen LogP contribution in [0.2, 0.25) is 0 Å². The lowest BCUT2D eigenvalue weighted by Gasteiger charge is -2.14. The molecule has 0 aliphatic carbocycles. The second kappa shape index (κ2) is 7.09. The number of nitrogens with one attached hydrogen (secondary N) is 1. The van der Waals surface area contributed by atoms with Gasteiger partial charge in [0, 0.05) is 20.1 Å². The maximum atomic E-state index is 12.0. The molecule has 0 bridgehead atoms. The van der Waals surface area contributed by atoms with Gasteiger partial charge in [0.2, 0.25) is 5.09 Å². The van der Waals surface area contributed by atoms with Gasteiger partial charge >= 0.3 is 0 Å². The van der Waals surface area contributed by atoms with Gasteiger partial charge in [-0.05, 0) is 37.8 Å². The van der Waals surface area contributed by atoms with Gasteiger partial charge in [0.1, 0.15) is 0 Å². The van der Waals surface area contributed by atoms with E-state index in [0.717, 1.165) is 17.1 Å². The quantitative estimate of drug-likeness (QED) is 0.835. The van der Waals surface area contributed by atoms with Crippen molar-refractivity contribution in [2.75, 3.05) is 14.1 Å². The van der Waals surface area contributed by atoms with E-state index in [9.17, 15) is 13.2 Å². The molecule has 6 nitrogen and oxygen atoms in total. The zero-order valence-electron chi connectivity index (χ0n) is 13.2. The van der Waals surface area contributed by atoms with Gasteiger partial charge < -0.3 is 9.73 Å². The molecule has 0 unspecified atom stereocenters. The fraction of sp³-hybridized carbons (Fsp3) is 0.643. The molecule has 1 amide bonds. The van der Waals surface area contributed by atoms with Gasteiger partial charge in [-0.1, -0.05) is 13.8 Å². The number of sulfonamides is 1. The lowest BCUT2D eigenvalue weighted by molar-refractivity contribution is 0.0903. The van der Waals surface area contributed by atoms with Crippen LogP contribution in [0.3, 0.4) is 0 Å². The van der Waals surface area contributed by atoms with Crippen LogP contribution in [0.5, 0.6) is 0 Å². The van der Waals surface area contributed by atoms with Crippen molar-refractivity contribution in [3.05, 3.63) is 17.9 Å². The van der Waals surface area contributed by atoms with E-state index in [1.165, 1.54) is 26.2 Å². The summed E-state index contributed by atoms with van der Waals surface area (Å²) in [6.45, 7) is 6.17. The molecule has 120 valence electrons. The zero-order valence-corrected chi connectivity index (χ0v) is 14.0. The standard InChI is InChI=1S/C14H24N2O4S/c1-10(2)6-7-11(3)15-14(17)12-8-9-13(20-12)21(18,19)16(4)5/h8-11H,6-7H2,1-5H3,(H,15,17)/t11-/m1/s1. The maximum absolute atomic E-state index is 12.0. The van der Waals surface area contributed by atoms with Gasteiger partial charge in [0.25, 0.3) is 15.9 Å². The summed E-state index contributed by atoms with van der Waals surface area (Å²) in [7, 11) is -0.836. The normalized spacial score (nSPS) is 13.7. The van der Waals surface area contributed by atoms with E-state index in [0.29, 0.717) is 5.92 Å². The number of nitrogens with zero attached hydrogens (tertiary/aromatic N) is 1. The van der Waals surface area contributed by atoms with Crippen LogP contribution < -0.4 is 5.32 Å². The van der Waals surface area contributed by atoms with Crippen LogP contribution in [0.25, 0.3) is 0 Å². The number of furan rings is 1. The summed E-state index contributed by atoms with van der Waals surface area (Å²) in [6.07, 6.45) is 1.88. The van der Waals surface area contributed by atoms with Crippen molar-refractivity contribution in [1.82, 2.24) is 9.62 Å².